The molecule has 0 amide bonds. The molecular weight excluding hydrogens is 467 g/mol. The monoisotopic (exact) mass is 514 g/mol. The maximum Gasteiger partial charge on any atom is 0.237 e. The van der Waals surface area contributed by atoms with Crippen molar-refractivity contribution in [2.75, 3.05) is 5.33 Å². The summed E-state index contributed by atoms with van der Waals surface area (Å²) in [6.07, 6.45) is 31.5. The average Bonchev–Trinajstić information content (AvgIpc) is 2.68. The molecule has 0 heterocycles. The van der Waals surface area contributed by atoms with E-state index in [1.165, 1.54) is 147 Å². The smallest absolute Gasteiger partial charge is 0.150 e. The van der Waals surface area contributed by atoms with Gasteiger partial charge in [-0.05, 0) is 12.5 Å². The zero-order valence-electron chi connectivity index (χ0n) is 18.7. The van der Waals surface area contributed by atoms with Crippen LogP contribution in [0.15, 0.2) is 0 Å². The molecule has 0 bridgehead atoms. The first-order chi connectivity index (χ1) is 13.8. The molecule has 0 unspecified atom stereocenters. The minimum atomic E-state index is -1.33. The molecule has 0 spiro atoms. The second-order valence-electron chi connectivity index (χ2n) is 8.65. The largest absolute Gasteiger partial charge is 0.237 e. The highest BCUT2D eigenvalue weighted by Crippen LogP contribution is 2.16. The summed E-state index contributed by atoms with van der Waals surface area (Å²) in [5.74, 6) is 0. The molecule has 0 rings (SSSR count). The second kappa shape index (κ2) is 26.3. The molecule has 0 aromatic rings. The zero-order chi connectivity index (χ0) is 20.5. The number of hydrogen-bond donors (Lipinski definition) is 0. The molecule has 28 heavy (non-hydrogen) atoms. The molecule has 0 aromatic carbocycles. The molecule has 4 heteroatoms. The highest BCUT2D eigenvalue weighted by molar-refractivity contribution is 9.09. The van der Waals surface area contributed by atoms with E-state index < -0.39 is 7.42 Å². The van der Waals surface area contributed by atoms with Gasteiger partial charge in [0.05, 0.1) is 0 Å². The van der Waals surface area contributed by atoms with Crippen molar-refractivity contribution in [2.24, 2.45) is 0 Å². The van der Waals surface area contributed by atoms with Crippen molar-refractivity contribution in [3.8, 4) is 0 Å². The minimum absolute atomic E-state index is 1.10. The van der Waals surface area contributed by atoms with Gasteiger partial charge < -0.3 is 0 Å². The lowest BCUT2D eigenvalue weighted by Crippen LogP contribution is -1.91. The summed E-state index contributed by atoms with van der Waals surface area (Å²) in [4.78, 5) is 0. The summed E-state index contributed by atoms with van der Waals surface area (Å²) in [5, 5.41) is 1.18. The summed E-state index contributed by atoms with van der Waals surface area (Å²) < 4.78 is 0. The SMILES string of the molecule is Cl[SiH](Cl)CCCCCCCCCCCCCCCCCCCCCCCCBr. The van der Waals surface area contributed by atoms with E-state index >= 15 is 0 Å². The number of unbranched alkanes of at least 4 members (excludes halogenated alkanes) is 21. The van der Waals surface area contributed by atoms with Crippen molar-refractivity contribution >= 4 is 45.5 Å². The molecule has 0 saturated carbocycles. The van der Waals surface area contributed by atoms with Crippen molar-refractivity contribution in [1.29, 1.82) is 0 Å². The van der Waals surface area contributed by atoms with E-state index in [1.54, 1.807) is 0 Å². The Bertz CT molecular complexity index is 277. The van der Waals surface area contributed by atoms with Gasteiger partial charge >= 0.3 is 0 Å². The van der Waals surface area contributed by atoms with Gasteiger partial charge in [0.1, 0.15) is 0 Å². The highest BCUT2D eigenvalue weighted by Gasteiger charge is 2.00. The first-order valence-corrected chi connectivity index (χ1v) is 18.0. The van der Waals surface area contributed by atoms with Gasteiger partial charge in [0.25, 0.3) is 0 Å². The van der Waals surface area contributed by atoms with Crippen molar-refractivity contribution in [1.82, 2.24) is 0 Å². The Morgan fingerprint density at radius 1 is 0.357 bits per heavy atom. The van der Waals surface area contributed by atoms with Gasteiger partial charge in [0.15, 0.2) is 0 Å². The van der Waals surface area contributed by atoms with Crippen LogP contribution >= 0.6 is 38.1 Å². The van der Waals surface area contributed by atoms with Crippen LogP contribution in [0.1, 0.15) is 141 Å². The molecule has 0 atom stereocenters. The van der Waals surface area contributed by atoms with Crippen LogP contribution in [0.4, 0.5) is 0 Å². The van der Waals surface area contributed by atoms with E-state index in [0.29, 0.717) is 0 Å². The number of hydrogen-bond acceptors (Lipinski definition) is 0. The van der Waals surface area contributed by atoms with E-state index in [4.69, 9.17) is 22.2 Å². The lowest BCUT2D eigenvalue weighted by molar-refractivity contribution is 0.520. The van der Waals surface area contributed by atoms with Gasteiger partial charge in [-0.3, -0.25) is 0 Å². The third-order valence-electron chi connectivity index (χ3n) is 5.81. The highest BCUT2D eigenvalue weighted by atomic mass is 79.9. The van der Waals surface area contributed by atoms with Gasteiger partial charge in [-0.2, -0.15) is 22.2 Å². The lowest BCUT2D eigenvalue weighted by Gasteiger charge is -2.04. The number of halogens is 3. The van der Waals surface area contributed by atoms with Gasteiger partial charge in [0.2, 0.25) is 7.42 Å². The van der Waals surface area contributed by atoms with E-state index in [-0.39, 0.29) is 0 Å². The Balaban J connectivity index is 2.98. The fourth-order valence-corrected chi connectivity index (χ4v) is 5.85. The average molecular weight is 517 g/mol. The van der Waals surface area contributed by atoms with Crippen molar-refractivity contribution in [3.05, 3.63) is 0 Å². The lowest BCUT2D eigenvalue weighted by atomic mass is 10.0. The Kier molecular flexibility index (Phi) is 27.5. The zero-order valence-corrected chi connectivity index (χ0v) is 22.9. The molecule has 0 saturated heterocycles. The van der Waals surface area contributed by atoms with Gasteiger partial charge in [-0.15, -0.1) is 0 Å². The van der Waals surface area contributed by atoms with Gasteiger partial charge in [-0.1, -0.05) is 151 Å². The first-order valence-electron chi connectivity index (χ1n) is 12.6. The normalized spacial score (nSPS) is 11.6. The third kappa shape index (κ3) is 27.3. The van der Waals surface area contributed by atoms with E-state index in [9.17, 15) is 0 Å². The van der Waals surface area contributed by atoms with E-state index in [0.717, 1.165) is 6.04 Å². The summed E-state index contributed by atoms with van der Waals surface area (Å²) >= 11 is 15.3. The van der Waals surface area contributed by atoms with Crippen LogP contribution in [0.2, 0.25) is 6.04 Å². The number of alkyl halides is 1. The Morgan fingerprint density at radius 2 is 0.571 bits per heavy atom. The summed E-state index contributed by atoms with van der Waals surface area (Å²) in [5.41, 5.74) is 0. The van der Waals surface area contributed by atoms with Crippen LogP contribution in [0.25, 0.3) is 0 Å². The fraction of sp³-hybridized carbons (Fsp3) is 1.00. The van der Waals surface area contributed by atoms with Crippen molar-refractivity contribution in [3.63, 3.8) is 0 Å². The van der Waals surface area contributed by atoms with Crippen LogP contribution in [0.3, 0.4) is 0 Å². The van der Waals surface area contributed by atoms with Crippen molar-refractivity contribution < 1.29 is 0 Å². The van der Waals surface area contributed by atoms with Gasteiger partial charge in [0, 0.05) is 5.33 Å². The molecule has 0 aliphatic carbocycles. The molecule has 0 aliphatic heterocycles. The van der Waals surface area contributed by atoms with Crippen LogP contribution in [0, 0.1) is 0 Å². The molecule has 0 nitrogen and oxygen atoms in total. The van der Waals surface area contributed by atoms with E-state index in [1.807, 2.05) is 0 Å². The van der Waals surface area contributed by atoms with Crippen LogP contribution < -0.4 is 0 Å². The van der Waals surface area contributed by atoms with Crippen LogP contribution in [0.5, 0.6) is 0 Å². The maximum absolute atomic E-state index is 5.88. The first kappa shape index (κ1) is 29.3. The minimum Gasteiger partial charge on any atom is -0.150 e. The van der Waals surface area contributed by atoms with Crippen LogP contribution in [-0.4, -0.2) is 12.7 Å². The topological polar surface area (TPSA) is 0 Å². The van der Waals surface area contributed by atoms with Gasteiger partial charge in [-0.25, -0.2) is 0 Å². The van der Waals surface area contributed by atoms with Crippen molar-refractivity contribution in [2.45, 2.75) is 147 Å². The molecule has 0 fully saturated rings. The molecule has 0 N–H and O–H groups in total. The van der Waals surface area contributed by atoms with E-state index in [2.05, 4.69) is 15.9 Å². The molecular formula is C24H49BrCl2Si. The predicted molar refractivity (Wildman–Crippen MR) is 139 cm³/mol. The predicted octanol–water partition coefficient (Wildman–Crippen LogP) is 10.7. The summed E-state index contributed by atoms with van der Waals surface area (Å²) in [6, 6.07) is 1.10. The molecule has 0 aromatic heterocycles. The fourth-order valence-electron chi connectivity index (χ4n) is 3.93. The quantitative estimate of drug-likeness (QED) is 0.0518. The Hall–Kier alpha value is 1.28. The third-order valence-corrected chi connectivity index (χ3v) is 8.52. The van der Waals surface area contributed by atoms with Crippen LogP contribution in [-0.2, 0) is 0 Å². The molecule has 0 aliphatic rings. The number of rotatable bonds is 24. The second-order valence-corrected chi connectivity index (χ2v) is 14.6. The molecule has 170 valence electrons. The molecule has 0 radical (unpaired) electrons. The Morgan fingerprint density at radius 3 is 0.786 bits per heavy atom. The maximum atomic E-state index is 5.88. The Labute approximate surface area is 197 Å². The summed E-state index contributed by atoms with van der Waals surface area (Å²) in [6.45, 7) is 0. The standard InChI is InChI=1S/C24H49BrCl2Si/c25-23-21-19-17-15-13-11-9-7-5-3-1-2-4-6-8-10-12-14-16-18-20-22-24-28(26)27/h28H,1-24H2. The summed E-state index contributed by atoms with van der Waals surface area (Å²) in [7, 11) is -1.33.